The van der Waals surface area contributed by atoms with E-state index in [0.29, 0.717) is 0 Å². The van der Waals surface area contributed by atoms with E-state index < -0.39 is 27.3 Å². The van der Waals surface area contributed by atoms with E-state index in [2.05, 4.69) is 0 Å². The predicted octanol–water partition coefficient (Wildman–Crippen LogP) is 0.396. The Morgan fingerprint density at radius 3 is 2.15 bits per heavy atom. The van der Waals surface area contributed by atoms with Crippen LogP contribution in [0.4, 0.5) is 0 Å². The summed E-state index contributed by atoms with van der Waals surface area (Å²) in [4.78, 5) is 11.2. The maximum absolute atomic E-state index is 11.2. The van der Waals surface area contributed by atoms with Crippen LogP contribution in [0.1, 0.15) is 13.8 Å². The third-order valence-corrected chi connectivity index (χ3v) is 2.37. The van der Waals surface area contributed by atoms with Crippen LogP contribution in [-0.4, -0.2) is 26.2 Å². The van der Waals surface area contributed by atoms with Crippen molar-refractivity contribution >= 4 is 15.6 Å². The largest absolute Gasteiger partial charge is 0.297 e. The minimum absolute atomic E-state index is 0.140. The first-order chi connectivity index (χ1) is 5.78. The molecule has 0 fully saturated rings. The van der Waals surface area contributed by atoms with Crippen LogP contribution in [-0.2, 0) is 14.6 Å². The average molecular weight is 203 g/mol. The number of rotatable bonds is 4. The monoisotopic (exact) mass is 203 g/mol. The van der Waals surface area contributed by atoms with Crippen LogP contribution in [0, 0.1) is 23.2 Å². The summed E-state index contributed by atoms with van der Waals surface area (Å²) in [7, 11) is -3.31. The molecule has 1 atom stereocenters. The maximum atomic E-state index is 11.2. The molecule has 0 heterocycles. The summed E-state index contributed by atoms with van der Waals surface area (Å²) in [5, 5.41) is 8.60. The number of nitrogens with zero attached hydrogens (tertiary/aromatic N) is 1. The van der Waals surface area contributed by atoms with Crippen molar-refractivity contribution in [2.75, 3.05) is 12.0 Å². The van der Waals surface area contributed by atoms with E-state index in [1.165, 1.54) is 0 Å². The van der Waals surface area contributed by atoms with Gasteiger partial charge in [-0.05, 0) is 5.92 Å². The number of hydrogen-bond acceptors (Lipinski definition) is 4. The highest BCUT2D eigenvalue weighted by molar-refractivity contribution is 7.91. The van der Waals surface area contributed by atoms with E-state index >= 15 is 0 Å². The smallest absolute Gasteiger partial charge is 0.165 e. The van der Waals surface area contributed by atoms with Crippen molar-refractivity contribution < 1.29 is 13.2 Å². The number of sulfone groups is 1. The van der Waals surface area contributed by atoms with Crippen molar-refractivity contribution in [2.45, 2.75) is 13.8 Å². The van der Waals surface area contributed by atoms with Crippen molar-refractivity contribution in [2.24, 2.45) is 11.8 Å². The predicted molar refractivity (Wildman–Crippen MR) is 48.7 cm³/mol. The summed E-state index contributed by atoms with van der Waals surface area (Å²) in [6, 6.07) is 1.81. The van der Waals surface area contributed by atoms with Crippen LogP contribution in [0.15, 0.2) is 0 Å². The van der Waals surface area contributed by atoms with Crippen LogP contribution in [0.2, 0.25) is 0 Å². The van der Waals surface area contributed by atoms with Gasteiger partial charge in [-0.25, -0.2) is 8.42 Å². The molecule has 1 unspecified atom stereocenters. The van der Waals surface area contributed by atoms with E-state index in [-0.39, 0.29) is 5.92 Å². The fraction of sp³-hybridized carbons (Fsp3) is 0.750. The molecule has 0 saturated carbocycles. The normalized spacial score (nSPS) is 13.8. The molecule has 0 bridgehead atoms. The van der Waals surface area contributed by atoms with Gasteiger partial charge >= 0.3 is 0 Å². The average Bonchev–Trinajstić information content (AvgIpc) is 1.82. The first kappa shape index (κ1) is 12.1. The Morgan fingerprint density at radius 1 is 1.46 bits per heavy atom. The van der Waals surface area contributed by atoms with Crippen molar-refractivity contribution in [3.63, 3.8) is 0 Å². The van der Waals surface area contributed by atoms with Gasteiger partial charge in [-0.15, -0.1) is 0 Å². The highest BCUT2D eigenvalue weighted by Gasteiger charge is 2.24. The summed E-state index contributed by atoms with van der Waals surface area (Å²) < 4.78 is 21.5. The highest BCUT2D eigenvalue weighted by atomic mass is 32.2. The molecule has 0 aromatic carbocycles. The highest BCUT2D eigenvalue weighted by Crippen LogP contribution is 2.11. The summed E-state index contributed by atoms with van der Waals surface area (Å²) in [5.74, 6) is -2.00. The zero-order valence-corrected chi connectivity index (χ0v) is 8.76. The van der Waals surface area contributed by atoms with E-state index in [1.54, 1.807) is 13.8 Å². The molecule has 0 aromatic rings. The Hall–Kier alpha value is -0.890. The molecular weight excluding hydrogens is 190 g/mol. The van der Waals surface area contributed by atoms with Crippen molar-refractivity contribution in [1.82, 2.24) is 0 Å². The van der Waals surface area contributed by atoms with Gasteiger partial charge in [-0.1, -0.05) is 13.8 Å². The molecule has 0 amide bonds. The van der Waals surface area contributed by atoms with Gasteiger partial charge in [0.1, 0.15) is 11.7 Å². The van der Waals surface area contributed by atoms with Crippen molar-refractivity contribution in [3.05, 3.63) is 0 Å². The molecule has 0 radical (unpaired) electrons. The molecule has 0 rings (SSSR count). The Bertz CT molecular complexity index is 324. The summed E-state index contributed by atoms with van der Waals surface area (Å²) in [6.07, 6.45) is 0.986. The summed E-state index contributed by atoms with van der Waals surface area (Å²) >= 11 is 0. The SMILES string of the molecule is CC(C)C(C#N)C(=O)CS(C)(=O)=O. The second-order valence-corrected chi connectivity index (χ2v) is 5.53. The first-order valence-corrected chi connectivity index (χ1v) is 5.94. The summed E-state index contributed by atoms with van der Waals surface area (Å²) in [6.45, 7) is 3.43. The lowest BCUT2D eigenvalue weighted by molar-refractivity contribution is -0.119. The molecular formula is C8H13NO3S. The molecule has 0 saturated heterocycles. The Kier molecular flexibility index (Phi) is 4.08. The zero-order valence-electron chi connectivity index (χ0n) is 7.94. The van der Waals surface area contributed by atoms with E-state index in [4.69, 9.17) is 5.26 Å². The first-order valence-electron chi connectivity index (χ1n) is 3.88. The maximum Gasteiger partial charge on any atom is 0.165 e. The summed E-state index contributed by atoms with van der Waals surface area (Å²) in [5.41, 5.74) is 0. The number of carbonyl (C=O) groups is 1. The van der Waals surface area contributed by atoms with Crippen molar-refractivity contribution in [1.29, 1.82) is 5.26 Å². The molecule has 74 valence electrons. The van der Waals surface area contributed by atoms with Crippen LogP contribution in [0.5, 0.6) is 0 Å². The second-order valence-electron chi connectivity index (χ2n) is 3.39. The molecule has 0 aromatic heterocycles. The van der Waals surface area contributed by atoms with E-state index in [0.717, 1.165) is 6.26 Å². The van der Waals surface area contributed by atoms with E-state index in [1.807, 2.05) is 6.07 Å². The molecule has 4 nitrogen and oxygen atoms in total. The zero-order chi connectivity index (χ0) is 10.6. The third-order valence-electron chi connectivity index (χ3n) is 1.56. The third kappa shape index (κ3) is 4.63. The van der Waals surface area contributed by atoms with Crippen LogP contribution >= 0.6 is 0 Å². The van der Waals surface area contributed by atoms with Crippen LogP contribution in [0.25, 0.3) is 0 Å². The van der Waals surface area contributed by atoms with Gasteiger partial charge in [0, 0.05) is 6.26 Å². The van der Waals surface area contributed by atoms with Gasteiger partial charge in [-0.3, -0.25) is 4.79 Å². The van der Waals surface area contributed by atoms with Gasteiger partial charge in [0.05, 0.1) is 6.07 Å². The molecule has 0 spiro atoms. The number of carbonyl (C=O) groups excluding carboxylic acids is 1. The lowest BCUT2D eigenvalue weighted by atomic mass is 9.94. The number of ketones is 1. The van der Waals surface area contributed by atoms with E-state index in [9.17, 15) is 13.2 Å². The quantitative estimate of drug-likeness (QED) is 0.662. The number of nitriles is 1. The lowest BCUT2D eigenvalue weighted by Crippen LogP contribution is -2.25. The molecule has 0 aliphatic carbocycles. The Balaban J connectivity index is 4.53. The van der Waals surface area contributed by atoms with Gasteiger partial charge in [0.15, 0.2) is 15.6 Å². The lowest BCUT2D eigenvalue weighted by Gasteiger charge is -2.10. The molecule has 0 aliphatic heterocycles. The van der Waals surface area contributed by atoms with Gasteiger partial charge in [-0.2, -0.15) is 5.26 Å². The van der Waals surface area contributed by atoms with Gasteiger partial charge in [0.25, 0.3) is 0 Å². The number of hydrogen-bond donors (Lipinski definition) is 0. The Morgan fingerprint density at radius 2 is 1.92 bits per heavy atom. The topological polar surface area (TPSA) is 75.0 Å². The molecule has 0 aliphatic rings. The fourth-order valence-corrected chi connectivity index (χ4v) is 1.64. The van der Waals surface area contributed by atoms with Crippen molar-refractivity contribution in [3.8, 4) is 6.07 Å². The second kappa shape index (κ2) is 4.38. The molecule has 0 N–H and O–H groups in total. The van der Waals surface area contributed by atoms with Crippen LogP contribution in [0.3, 0.4) is 0 Å². The fourth-order valence-electron chi connectivity index (χ4n) is 0.941. The van der Waals surface area contributed by atoms with Gasteiger partial charge in [0.2, 0.25) is 0 Å². The van der Waals surface area contributed by atoms with Crippen LogP contribution < -0.4 is 0 Å². The molecule has 13 heavy (non-hydrogen) atoms. The minimum Gasteiger partial charge on any atom is -0.297 e. The standard InChI is InChI=1S/C8H13NO3S/c1-6(2)7(4-9)8(10)5-13(3,11)12/h6-7H,5H2,1-3H3. The minimum atomic E-state index is -3.31. The number of Topliss-reactive ketones (excluding diaryl/α,β-unsaturated/α-hetero) is 1. The Labute approximate surface area is 78.5 Å². The van der Waals surface area contributed by atoms with Gasteiger partial charge < -0.3 is 0 Å². The molecule has 5 heteroatoms.